The number of amides is 4. The number of carbonyl (C=O) groups excluding carboxylic acids is 4. The van der Waals surface area contributed by atoms with Gasteiger partial charge in [0.2, 0.25) is 23.6 Å². The zero-order valence-corrected chi connectivity index (χ0v) is 34.5. The van der Waals surface area contributed by atoms with E-state index in [4.69, 9.17) is 0 Å². The first kappa shape index (κ1) is 40.1. The average Bonchev–Trinajstić information content (AvgIpc) is 3.69. The number of benzene rings is 5. The molecular weight excluding hydrogens is 788 g/mol. The number of rotatable bonds is 9. The van der Waals surface area contributed by atoms with E-state index in [9.17, 15) is 24.3 Å². The predicted molar refractivity (Wildman–Crippen MR) is 233 cm³/mol. The molecule has 2 aliphatic carbocycles. The fraction of sp³-hybridized carbons (Fsp3) is 0.250. The van der Waals surface area contributed by atoms with Gasteiger partial charge < -0.3 is 14.9 Å². The second-order valence-corrected chi connectivity index (χ2v) is 16.5. The van der Waals surface area contributed by atoms with Crippen LogP contribution in [-0.4, -0.2) is 56.9 Å². The number of hydrogen-bond acceptors (Lipinski definition) is 11. The molecule has 0 unspecified atom stereocenters. The van der Waals surface area contributed by atoms with Gasteiger partial charge in [-0.25, -0.2) is 4.39 Å². The number of imide groups is 2. The maximum absolute atomic E-state index is 15.1. The number of allylic oxidation sites excluding steroid dienone is 2. The predicted octanol–water partition coefficient (Wildman–Crippen LogP) is 9.54. The Labute approximate surface area is 357 Å². The Bertz CT molecular complexity index is 2680. The molecule has 6 atom stereocenters. The lowest BCUT2D eigenvalue weighted by molar-refractivity contribution is -0.126. The zero-order valence-electron chi connectivity index (χ0n) is 34.5. The summed E-state index contributed by atoms with van der Waals surface area (Å²) in [5.74, 6) is -7.70. The van der Waals surface area contributed by atoms with E-state index in [1.165, 1.54) is 21.9 Å². The van der Waals surface area contributed by atoms with Gasteiger partial charge in [0.25, 0.3) is 0 Å². The first-order valence-corrected chi connectivity index (χ1v) is 20.4. The second kappa shape index (κ2) is 15.9. The smallest absolute Gasteiger partial charge is 0.238 e. The maximum Gasteiger partial charge on any atom is 0.238 e. The Kier molecular flexibility index (Phi) is 10.3. The largest absolute Gasteiger partial charge is 0.505 e. The van der Waals surface area contributed by atoms with Crippen molar-refractivity contribution in [2.75, 3.05) is 47.8 Å². The lowest BCUT2D eigenvalue weighted by Crippen LogP contribution is -2.43. The van der Waals surface area contributed by atoms with Gasteiger partial charge in [-0.2, -0.15) is 20.5 Å². The summed E-state index contributed by atoms with van der Waals surface area (Å²) in [6, 6.07) is 32.5. The van der Waals surface area contributed by atoms with Gasteiger partial charge in [0.1, 0.15) is 0 Å². The first-order chi connectivity index (χ1) is 29.9. The Balaban J connectivity index is 0.984. The number of phenols is 1. The van der Waals surface area contributed by atoms with E-state index in [1.54, 1.807) is 54.6 Å². The van der Waals surface area contributed by atoms with E-state index in [2.05, 4.69) is 20.5 Å². The van der Waals surface area contributed by atoms with Crippen LogP contribution in [0.3, 0.4) is 0 Å². The third kappa shape index (κ3) is 7.10. The summed E-state index contributed by atoms with van der Waals surface area (Å²) in [4.78, 5) is 64.0. The standard InChI is InChI=1S/C48H43FN8O5/c1-54(2)32-14-6-28(7-15-32)50-52-30-10-18-34(19-11-30)56-45(59)37-23-22-36-38(43(37)47(56)61)26-39-44(42(36)27-5-24-41(58)40(49)25-27)48(62)57(46(39)60)35-20-12-31(13-21-35)53-51-29-8-16-33(17-9-29)55(3)4/h5-22,24-25,37-39,42-44,58H,23,26H2,1-4H3/t37-,38+,39+,42-,43-,44+/m0/s1. The second-order valence-electron chi connectivity index (χ2n) is 16.5. The van der Waals surface area contributed by atoms with E-state index >= 15 is 4.39 Å². The van der Waals surface area contributed by atoms with Crippen molar-refractivity contribution in [3.8, 4) is 5.75 Å². The van der Waals surface area contributed by atoms with Crippen LogP contribution >= 0.6 is 0 Å². The van der Waals surface area contributed by atoms with Gasteiger partial charge in [-0.1, -0.05) is 17.7 Å². The first-order valence-electron chi connectivity index (χ1n) is 20.4. The van der Waals surface area contributed by atoms with Crippen molar-refractivity contribution in [2.24, 2.45) is 50.0 Å². The van der Waals surface area contributed by atoms with Crippen LogP contribution in [0.1, 0.15) is 24.3 Å². The van der Waals surface area contributed by atoms with Crippen LogP contribution < -0.4 is 19.6 Å². The number of carbonyl (C=O) groups is 4. The molecule has 2 aliphatic heterocycles. The normalized spacial score (nSPS) is 23.2. The van der Waals surface area contributed by atoms with Crippen molar-refractivity contribution in [2.45, 2.75) is 18.8 Å². The molecule has 4 amide bonds. The zero-order chi connectivity index (χ0) is 43.4. The van der Waals surface area contributed by atoms with Gasteiger partial charge in [-0.3, -0.25) is 29.0 Å². The van der Waals surface area contributed by atoms with Crippen LogP contribution in [0.15, 0.2) is 147 Å². The van der Waals surface area contributed by atoms with Crippen molar-refractivity contribution in [3.05, 3.63) is 138 Å². The van der Waals surface area contributed by atoms with Gasteiger partial charge in [0, 0.05) is 45.5 Å². The van der Waals surface area contributed by atoms with Crippen LogP contribution in [0.2, 0.25) is 0 Å². The molecule has 0 bridgehead atoms. The number of anilines is 4. The molecule has 13 nitrogen and oxygen atoms in total. The van der Waals surface area contributed by atoms with Crippen LogP contribution in [0.25, 0.3) is 0 Å². The van der Waals surface area contributed by atoms with Crippen LogP contribution in [-0.2, 0) is 19.2 Å². The molecule has 2 heterocycles. The number of phenolic OH excluding ortho intramolecular Hbond substituents is 1. The monoisotopic (exact) mass is 830 g/mol. The summed E-state index contributed by atoms with van der Waals surface area (Å²) in [6.07, 6.45) is 2.28. The van der Waals surface area contributed by atoms with Crippen molar-refractivity contribution in [3.63, 3.8) is 0 Å². The molecule has 312 valence electrons. The molecule has 5 aromatic carbocycles. The summed E-state index contributed by atoms with van der Waals surface area (Å²) >= 11 is 0. The van der Waals surface area contributed by atoms with E-state index in [-0.39, 0.29) is 18.7 Å². The third-order valence-corrected chi connectivity index (χ3v) is 12.5. The van der Waals surface area contributed by atoms with Gasteiger partial charge in [0.15, 0.2) is 11.6 Å². The summed E-state index contributed by atoms with van der Waals surface area (Å²) in [7, 11) is 7.81. The van der Waals surface area contributed by atoms with E-state index in [1.807, 2.05) is 92.6 Å². The minimum absolute atomic E-state index is 0.149. The van der Waals surface area contributed by atoms with E-state index in [0.29, 0.717) is 45.3 Å². The van der Waals surface area contributed by atoms with Gasteiger partial charge >= 0.3 is 0 Å². The molecule has 1 saturated carbocycles. The fourth-order valence-corrected chi connectivity index (χ4v) is 9.39. The molecule has 62 heavy (non-hydrogen) atoms. The molecular formula is C48H43FN8O5. The molecule has 5 aromatic rings. The molecule has 0 spiro atoms. The Morgan fingerprint density at radius 3 is 1.44 bits per heavy atom. The van der Waals surface area contributed by atoms with E-state index < -0.39 is 64.8 Å². The van der Waals surface area contributed by atoms with Gasteiger partial charge in [0.05, 0.1) is 57.8 Å². The highest BCUT2D eigenvalue weighted by atomic mass is 19.1. The van der Waals surface area contributed by atoms with Crippen LogP contribution in [0.4, 0.5) is 49.9 Å². The molecule has 9 rings (SSSR count). The van der Waals surface area contributed by atoms with Crippen LogP contribution in [0, 0.1) is 35.4 Å². The minimum Gasteiger partial charge on any atom is -0.505 e. The number of hydrogen-bond donors (Lipinski definition) is 1. The fourth-order valence-electron chi connectivity index (χ4n) is 9.39. The number of azo groups is 2. The summed E-state index contributed by atoms with van der Waals surface area (Å²) in [5.41, 5.74) is 6.28. The lowest BCUT2D eigenvalue weighted by Gasteiger charge is -2.44. The van der Waals surface area contributed by atoms with Gasteiger partial charge in [-0.05, 0) is 134 Å². The number of halogens is 1. The van der Waals surface area contributed by atoms with Crippen molar-refractivity contribution >= 4 is 69.1 Å². The highest BCUT2D eigenvalue weighted by Crippen LogP contribution is 2.58. The summed E-state index contributed by atoms with van der Waals surface area (Å²) in [5, 5.41) is 27.4. The highest BCUT2D eigenvalue weighted by molar-refractivity contribution is 6.24. The van der Waals surface area contributed by atoms with Crippen LogP contribution in [0.5, 0.6) is 5.75 Å². The highest BCUT2D eigenvalue weighted by Gasteiger charge is 2.62. The summed E-state index contributed by atoms with van der Waals surface area (Å²) < 4.78 is 15.1. The SMILES string of the molecule is CN(C)c1ccc(N=Nc2ccc(N3C(=O)[C@H]4[C@H](CC=C5[C@H]4C[C@H]4C(=O)N(c6ccc(N=Nc7ccc(N(C)C)cc7)cc6)C(=O)[C@H]4[C@H]5c4ccc(O)c(F)c4)C3=O)cc2)cc1. The van der Waals surface area contributed by atoms with Crippen molar-refractivity contribution in [1.82, 2.24) is 0 Å². The molecule has 1 N–H and O–H groups in total. The lowest BCUT2D eigenvalue weighted by atomic mass is 9.57. The number of fused-ring (bicyclic) bond motifs is 4. The summed E-state index contributed by atoms with van der Waals surface area (Å²) in [6.45, 7) is 0. The molecule has 0 aromatic heterocycles. The topological polar surface area (TPSA) is 151 Å². The average molecular weight is 831 g/mol. The van der Waals surface area contributed by atoms with Gasteiger partial charge in [-0.15, -0.1) is 0 Å². The minimum atomic E-state index is -0.911. The maximum atomic E-state index is 15.1. The Morgan fingerprint density at radius 1 is 0.548 bits per heavy atom. The Morgan fingerprint density at radius 2 is 0.984 bits per heavy atom. The van der Waals surface area contributed by atoms with Crippen molar-refractivity contribution in [1.29, 1.82) is 0 Å². The molecule has 2 saturated heterocycles. The molecule has 0 radical (unpaired) electrons. The molecule has 14 heteroatoms. The third-order valence-electron chi connectivity index (χ3n) is 12.5. The molecule has 4 aliphatic rings. The Hall–Kier alpha value is -7.35. The van der Waals surface area contributed by atoms with Crippen molar-refractivity contribution < 1.29 is 28.7 Å². The quantitative estimate of drug-likeness (QED) is 0.0883. The number of nitrogens with zero attached hydrogens (tertiary/aromatic N) is 8. The molecule has 3 fully saturated rings. The van der Waals surface area contributed by atoms with E-state index in [0.717, 1.165) is 11.4 Å². The number of aromatic hydroxyl groups is 1.